The van der Waals surface area contributed by atoms with E-state index >= 15 is 0 Å². The number of halogens is 2. The van der Waals surface area contributed by atoms with E-state index in [1.165, 1.54) is 4.90 Å². The molecular weight excluding hydrogens is 387 g/mol. The van der Waals surface area contributed by atoms with Crippen molar-refractivity contribution in [2.24, 2.45) is 0 Å². The average Bonchev–Trinajstić information content (AvgIpc) is 2.64. The molecule has 0 radical (unpaired) electrons. The third kappa shape index (κ3) is 5.28. The minimum absolute atomic E-state index is 0.136. The molecule has 0 fully saturated rings. The maximum absolute atomic E-state index is 11.5. The summed E-state index contributed by atoms with van der Waals surface area (Å²) in [6.45, 7) is 2.22. The number of likely N-dealkylation sites (N-methyl/N-ethyl adjacent to an activating group) is 1. The Morgan fingerprint density at radius 1 is 1.07 bits per heavy atom. The third-order valence-corrected chi connectivity index (χ3v) is 5.29. The predicted octanol–water partition coefficient (Wildman–Crippen LogP) is 4.88. The van der Waals surface area contributed by atoms with E-state index in [1.807, 2.05) is 43.3 Å². The Kier molecular flexibility index (Phi) is 7.36. The Hall–Kier alpha value is -1.95. The van der Waals surface area contributed by atoms with Crippen molar-refractivity contribution in [2.45, 2.75) is 18.9 Å². The van der Waals surface area contributed by atoms with Crippen LogP contribution in [-0.4, -0.2) is 48.4 Å². The average molecular weight is 411 g/mol. The van der Waals surface area contributed by atoms with E-state index in [0.29, 0.717) is 22.2 Å². The Labute approximate surface area is 169 Å². The Balaban J connectivity index is 2.45. The maximum Gasteiger partial charge on any atom is 0.407 e. The molecule has 7 heteroatoms. The van der Waals surface area contributed by atoms with Crippen molar-refractivity contribution in [3.63, 3.8) is 0 Å². The van der Waals surface area contributed by atoms with Crippen LogP contribution >= 0.6 is 23.2 Å². The first-order valence-corrected chi connectivity index (χ1v) is 9.38. The fourth-order valence-corrected chi connectivity index (χ4v) is 3.24. The molecule has 2 N–H and O–H groups in total. The number of carbonyl (C=O) groups is 1. The van der Waals surface area contributed by atoms with E-state index in [0.717, 1.165) is 11.3 Å². The molecule has 0 saturated carbocycles. The smallest absolute Gasteiger partial charge is 0.407 e. The van der Waals surface area contributed by atoms with E-state index in [-0.39, 0.29) is 6.54 Å². The van der Waals surface area contributed by atoms with Gasteiger partial charge in [-0.15, -0.1) is 0 Å². The predicted molar refractivity (Wildman–Crippen MR) is 110 cm³/mol. The monoisotopic (exact) mass is 410 g/mol. The number of carboxylic acid groups (broad SMARTS) is 1. The van der Waals surface area contributed by atoms with Crippen molar-refractivity contribution in [1.82, 2.24) is 4.90 Å². The molecule has 0 bridgehead atoms. The molecule has 0 saturated heterocycles. The van der Waals surface area contributed by atoms with E-state index in [2.05, 4.69) is 0 Å². The van der Waals surface area contributed by atoms with Gasteiger partial charge in [0.05, 0.1) is 16.1 Å². The number of aliphatic hydroxyl groups is 1. The topological polar surface area (TPSA) is 64.0 Å². The van der Waals surface area contributed by atoms with Crippen LogP contribution in [0.15, 0.2) is 42.5 Å². The summed E-state index contributed by atoms with van der Waals surface area (Å²) in [5.74, 6) is -0.492. The van der Waals surface area contributed by atoms with Gasteiger partial charge >= 0.3 is 6.09 Å². The van der Waals surface area contributed by atoms with Gasteiger partial charge in [-0.2, -0.15) is 0 Å². The zero-order chi connectivity index (χ0) is 20.1. The van der Waals surface area contributed by atoms with Gasteiger partial charge in [-0.05, 0) is 42.3 Å². The minimum Gasteiger partial charge on any atom is -0.465 e. The van der Waals surface area contributed by atoms with E-state index in [9.17, 15) is 15.0 Å². The number of hydrogen-bond acceptors (Lipinski definition) is 3. The molecule has 1 amide bonds. The van der Waals surface area contributed by atoms with Gasteiger partial charge in [0, 0.05) is 38.8 Å². The van der Waals surface area contributed by atoms with Crippen LogP contribution in [0.2, 0.25) is 10.0 Å². The molecule has 2 atom stereocenters. The lowest BCUT2D eigenvalue weighted by molar-refractivity contribution is 0.107. The van der Waals surface area contributed by atoms with Gasteiger partial charge in [0.2, 0.25) is 0 Å². The zero-order valence-corrected chi connectivity index (χ0v) is 17.1. The van der Waals surface area contributed by atoms with Crippen LogP contribution in [0.3, 0.4) is 0 Å². The van der Waals surface area contributed by atoms with Crippen LogP contribution in [0.4, 0.5) is 10.5 Å². The summed E-state index contributed by atoms with van der Waals surface area (Å²) in [6, 6.07) is 12.7. The summed E-state index contributed by atoms with van der Waals surface area (Å²) in [4.78, 5) is 14.7. The lowest BCUT2D eigenvalue weighted by Gasteiger charge is -2.29. The second-order valence-electron chi connectivity index (χ2n) is 6.54. The highest BCUT2D eigenvalue weighted by atomic mass is 35.5. The fourth-order valence-electron chi connectivity index (χ4n) is 2.93. The summed E-state index contributed by atoms with van der Waals surface area (Å²) in [7, 11) is 3.84. The highest BCUT2D eigenvalue weighted by Crippen LogP contribution is 2.36. The molecule has 0 aliphatic carbocycles. The lowest BCUT2D eigenvalue weighted by atomic mass is 9.88. The van der Waals surface area contributed by atoms with Crippen molar-refractivity contribution >= 4 is 35.0 Å². The molecule has 0 aromatic heterocycles. The summed E-state index contributed by atoms with van der Waals surface area (Å²) >= 11 is 12.2. The molecule has 0 spiro atoms. The van der Waals surface area contributed by atoms with Gasteiger partial charge in [0.1, 0.15) is 0 Å². The summed E-state index contributed by atoms with van der Waals surface area (Å²) in [5.41, 5.74) is 2.38. The Morgan fingerprint density at radius 3 is 2.33 bits per heavy atom. The first-order valence-electron chi connectivity index (χ1n) is 8.62. The molecule has 5 nitrogen and oxygen atoms in total. The molecule has 146 valence electrons. The van der Waals surface area contributed by atoms with Crippen molar-refractivity contribution < 1.29 is 15.0 Å². The van der Waals surface area contributed by atoms with Gasteiger partial charge in [-0.3, -0.25) is 0 Å². The van der Waals surface area contributed by atoms with Gasteiger partial charge < -0.3 is 20.0 Å². The van der Waals surface area contributed by atoms with E-state index < -0.39 is 18.1 Å². The molecular formula is C20H24Cl2N2O3. The van der Waals surface area contributed by atoms with Crippen molar-refractivity contribution in [3.8, 4) is 0 Å². The zero-order valence-electron chi connectivity index (χ0n) is 15.6. The molecule has 2 unspecified atom stereocenters. The van der Waals surface area contributed by atoms with Gasteiger partial charge in [0.15, 0.2) is 0 Å². The molecule has 2 aromatic carbocycles. The van der Waals surface area contributed by atoms with Gasteiger partial charge in [-0.1, -0.05) is 41.4 Å². The van der Waals surface area contributed by atoms with Gasteiger partial charge in [-0.25, -0.2) is 4.79 Å². The molecule has 0 aliphatic rings. The maximum atomic E-state index is 11.5. The number of aliphatic hydroxyl groups excluding tert-OH is 1. The Bertz CT molecular complexity index is 799. The van der Waals surface area contributed by atoms with Crippen molar-refractivity contribution in [1.29, 1.82) is 0 Å². The summed E-state index contributed by atoms with van der Waals surface area (Å²) in [5, 5.41) is 21.3. The molecule has 27 heavy (non-hydrogen) atoms. The standard InChI is InChI=1S/C20H24Cl2N2O3/c1-4-24(20(26)27)12-16(13-8-9-17(21)18(22)11-13)19(25)14-6-5-7-15(10-14)23(2)3/h5-11,16,19,25H,4,12H2,1-3H3,(H,26,27). The first kappa shape index (κ1) is 21.4. The Morgan fingerprint density at radius 2 is 1.78 bits per heavy atom. The van der Waals surface area contributed by atoms with E-state index in [1.54, 1.807) is 25.1 Å². The van der Waals surface area contributed by atoms with Crippen molar-refractivity contribution in [3.05, 3.63) is 63.6 Å². The van der Waals surface area contributed by atoms with Crippen molar-refractivity contribution in [2.75, 3.05) is 32.1 Å². The highest BCUT2D eigenvalue weighted by Gasteiger charge is 2.27. The largest absolute Gasteiger partial charge is 0.465 e. The van der Waals surface area contributed by atoms with Crippen LogP contribution in [0, 0.1) is 0 Å². The molecule has 0 aliphatic heterocycles. The number of anilines is 1. The van der Waals surface area contributed by atoms with Crippen LogP contribution in [-0.2, 0) is 0 Å². The van der Waals surface area contributed by atoms with Crippen LogP contribution in [0.1, 0.15) is 30.1 Å². The number of amides is 1. The lowest BCUT2D eigenvalue weighted by Crippen LogP contribution is -2.35. The quantitative estimate of drug-likeness (QED) is 0.682. The molecule has 2 rings (SSSR count). The number of nitrogens with zero attached hydrogens (tertiary/aromatic N) is 2. The van der Waals surface area contributed by atoms with E-state index in [4.69, 9.17) is 23.2 Å². The third-order valence-electron chi connectivity index (χ3n) is 4.55. The highest BCUT2D eigenvalue weighted by molar-refractivity contribution is 6.42. The van der Waals surface area contributed by atoms with Gasteiger partial charge in [0.25, 0.3) is 0 Å². The molecule has 2 aromatic rings. The minimum atomic E-state index is -1.03. The summed E-state index contributed by atoms with van der Waals surface area (Å²) in [6.07, 6.45) is -1.94. The SMILES string of the molecule is CCN(CC(c1ccc(Cl)c(Cl)c1)C(O)c1cccc(N(C)C)c1)C(=O)O. The normalized spacial score (nSPS) is 13.1. The van der Waals surface area contributed by atoms with Crippen LogP contribution < -0.4 is 4.90 Å². The summed E-state index contributed by atoms with van der Waals surface area (Å²) < 4.78 is 0. The fraction of sp³-hybridized carbons (Fsp3) is 0.350. The number of rotatable bonds is 7. The number of benzene rings is 2. The van der Waals surface area contributed by atoms with Crippen LogP contribution in [0.5, 0.6) is 0 Å². The second-order valence-corrected chi connectivity index (χ2v) is 7.35. The number of hydrogen-bond donors (Lipinski definition) is 2. The molecule has 0 heterocycles. The van der Waals surface area contributed by atoms with Crippen LogP contribution in [0.25, 0.3) is 0 Å². The second kappa shape index (κ2) is 9.31. The first-order chi connectivity index (χ1) is 12.7.